The quantitative estimate of drug-likeness (QED) is 0.827. The summed E-state index contributed by atoms with van der Waals surface area (Å²) in [6, 6.07) is 3.86. The van der Waals surface area contributed by atoms with Crippen molar-refractivity contribution in [3.63, 3.8) is 0 Å². The summed E-state index contributed by atoms with van der Waals surface area (Å²) in [5.74, 6) is 1.05. The molecule has 0 unspecified atom stereocenters. The lowest BCUT2D eigenvalue weighted by Gasteiger charge is -2.36. The van der Waals surface area contributed by atoms with Gasteiger partial charge in [0.2, 0.25) is 5.91 Å². The highest BCUT2D eigenvalue weighted by Crippen LogP contribution is 2.25. The van der Waals surface area contributed by atoms with Crippen LogP contribution in [0.2, 0.25) is 0 Å². The molecule has 1 aromatic carbocycles. The third kappa shape index (κ3) is 4.99. The van der Waals surface area contributed by atoms with E-state index in [1.165, 1.54) is 0 Å². The SMILES string of the molecule is CCOc1cc(C)c(C(=O)N2CCN(C(=O)CC(C)(C)C)CC2)cc1C. The Morgan fingerprint density at radius 1 is 1.00 bits per heavy atom. The lowest BCUT2D eigenvalue weighted by molar-refractivity contribution is -0.134. The van der Waals surface area contributed by atoms with Crippen molar-refractivity contribution in [3.8, 4) is 5.75 Å². The van der Waals surface area contributed by atoms with E-state index in [1.807, 2.05) is 42.7 Å². The first-order chi connectivity index (χ1) is 12.1. The molecule has 2 amide bonds. The molecule has 0 atom stereocenters. The van der Waals surface area contributed by atoms with Crippen LogP contribution in [0, 0.1) is 19.3 Å². The fraction of sp³-hybridized carbons (Fsp3) is 0.619. The van der Waals surface area contributed by atoms with Gasteiger partial charge in [-0.25, -0.2) is 0 Å². The maximum absolute atomic E-state index is 12.9. The summed E-state index contributed by atoms with van der Waals surface area (Å²) < 4.78 is 5.61. The second-order valence-corrected chi connectivity index (χ2v) is 8.28. The van der Waals surface area contributed by atoms with E-state index in [9.17, 15) is 9.59 Å². The summed E-state index contributed by atoms with van der Waals surface area (Å²) in [4.78, 5) is 29.0. The van der Waals surface area contributed by atoms with Crippen LogP contribution in [0.25, 0.3) is 0 Å². The van der Waals surface area contributed by atoms with E-state index in [2.05, 4.69) is 20.8 Å². The molecule has 1 aromatic rings. The van der Waals surface area contributed by atoms with Gasteiger partial charge < -0.3 is 14.5 Å². The van der Waals surface area contributed by atoms with Crippen LogP contribution >= 0.6 is 0 Å². The molecule has 0 aliphatic carbocycles. The first kappa shape index (κ1) is 20.3. The van der Waals surface area contributed by atoms with Crippen LogP contribution in [0.3, 0.4) is 0 Å². The van der Waals surface area contributed by atoms with E-state index in [0.717, 1.165) is 22.4 Å². The van der Waals surface area contributed by atoms with Gasteiger partial charge in [-0.1, -0.05) is 20.8 Å². The van der Waals surface area contributed by atoms with E-state index in [0.29, 0.717) is 39.2 Å². The van der Waals surface area contributed by atoms with E-state index < -0.39 is 0 Å². The Morgan fingerprint density at radius 3 is 2.12 bits per heavy atom. The number of aryl methyl sites for hydroxylation is 2. The first-order valence-corrected chi connectivity index (χ1v) is 9.43. The van der Waals surface area contributed by atoms with Crippen LogP contribution in [-0.4, -0.2) is 54.4 Å². The minimum Gasteiger partial charge on any atom is -0.494 e. The van der Waals surface area contributed by atoms with Crippen molar-refractivity contribution < 1.29 is 14.3 Å². The highest BCUT2D eigenvalue weighted by atomic mass is 16.5. The number of ether oxygens (including phenoxy) is 1. The first-order valence-electron chi connectivity index (χ1n) is 9.43. The third-order valence-electron chi connectivity index (χ3n) is 4.65. The second-order valence-electron chi connectivity index (χ2n) is 8.28. The molecule has 0 aromatic heterocycles. The van der Waals surface area contributed by atoms with Gasteiger partial charge in [-0.3, -0.25) is 9.59 Å². The van der Waals surface area contributed by atoms with E-state index in [4.69, 9.17) is 4.74 Å². The number of carbonyl (C=O) groups is 2. The number of hydrogen-bond donors (Lipinski definition) is 0. The van der Waals surface area contributed by atoms with Gasteiger partial charge in [0.25, 0.3) is 5.91 Å². The number of amides is 2. The smallest absolute Gasteiger partial charge is 0.254 e. The number of benzene rings is 1. The van der Waals surface area contributed by atoms with Gasteiger partial charge in [0, 0.05) is 38.2 Å². The molecule has 0 spiro atoms. The number of carbonyl (C=O) groups excluding carboxylic acids is 2. The molecule has 0 bridgehead atoms. The molecule has 0 saturated carbocycles. The third-order valence-corrected chi connectivity index (χ3v) is 4.65. The summed E-state index contributed by atoms with van der Waals surface area (Å²) >= 11 is 0. The molecule has 1 saturated heterocycles. The fourth-order valence-corrected chi connectivity index (χ4v) is 3.23. The van der Waals surface area contributed by atoms with Gasteiger partial charge in [0.1, 0.15) is 5.75 Å². The monoisotopic (exact) mass is 360 g/mol. The number of hydrogen-bond acceptors (Lipinski definition) is 3. The van der Waals surface area contributed by atoms with Gasteiger partial charge in [-0.15, -0.1) is 0 Å². The molecular formula is C21H32N2O3. The molecule has 5 heteroatoms. The number of piperazine rings is 1. The summed E-state index contributed by atoms with van der Waals surface area (Å²) in [6.45, 7) is 15.1. The Bertz CT molecular complexity index is 669. The van der Waals surface area contributed by atoms with Gasteiger partial charge in [0.15, 0.2) is 0 Å². The van der Waals surface area contributed by atoms with E-state index in [1.54, 1.807) is 0 Å². The minimum atomic E-state index is -0.0129. The van der Waals surface area contributed by atoms with Gasteiger partial charge in [-0.05, 0) is 49.4 Å². The number of rotatable bonds is 4. The van der Waals surface area contributed by atoms with Gasteiger partial charge in [-0.2, -0.15) is 0 Å². The zero-order valence-corrected chi connectivity index (χ0v) is 17.0. The fourth-order valence-electron chi connectivity index (χ4n) is 3.23. The summed E-state index contributed by atoms with van der Waals surface area (Å²) in [6.07, 6.45) is 0.540. The lowest BCUT2D eigenvalue weighted by Crippen LogP contribution is -2.51. The summed E-state index contributed by atoms with van der Waals surface area (Å²) in [5.41, 5.74) is 2.61. The maximum Gasteiger partial charge on any atom is 0.254 e. The molecule has 1 fully saturated rings. The van der Waals surface area contributed by atoms with Crippen LogP contribution in [0.4, 0.5) is 0 Å². The van der Waals surface area contributed by atoms with Crippen molar-refractivity contribution in [1.82, 2.24) is 9.80 Å². The average Bonchev–Trinajstić information content (AvgIpc) is 2.56. The molecule has 5 nitrogen and oxygen atoms in total. The molecule has 0 N–H and O–H groups in total. The standard InChI is InChI=1S/C21H32N2O3/c1-7-26-18-13-15(2)17(12-16(18)3)20(25)23-10-8-22(9-11-23)19(24)14-21(4,5)6/h12-13H,7-11,14H2,1-6H3. The summed E-state index contributed by atoms with van der Waals surface area (Å²) in [7, 11) is 0. The Labute approximate surface area is 157 Å². The van der Waals surface area contributed by atoms with Crippen LogP contribution in [-0.2, 0) is 4.79 Å². The Balaban J connectivity index is 2.02. The van der Waals surface area contributed by atoms with Crippen molar-refractivity contribution in [2.75, 3.05) is 32.8 Å². The van der Waals surface area contributed by atoms with Gasteiger partial charge >= 0.3 is 0 Å². The van der Waals surface area contributed by atoms with Crippen molar-refractivity contribution in [3.05, 3.63) is 28.8 Å². The zero-order valence-electron chi connectivity index (χ0n) is 17.0. The predicted octanol–water partition coefficient (Wildman–Crippen LogP) is 3.42. The molecule has 1 aliphatic heterocycles. The van der Waals surface area contributed by atoms with Crippen LogP contribution < -0.4 is 4.74 Å². The molecule has 1 heterocycles. The highest BCUT2D eigenvalue weighted by Gasteiger charge is 2.27. The summed E-state index contributed by atoms with van der Waals surface area (Å²) in [5, 5.41) is 0. The van der Waals surface area contributed by atoms with Crippen LogP contribution in [0.5, 0.6) is 5.75 Å². The molecule has 2 rings (SSSR count). The van der Waals surface area contributed by atoms with Crippen molar-refractivity contribution in [2.24, 2.45) is 5.41 Å². The van der Waals surface area contributed by atoms with Crippen molar-refractivity contribution in [1.29, 1.82) is 0 Å². The number of nitrogens with zero attached hydrogens (tertiary/aromatic N) is 2. The minimum absolute atomic E-state index is 0.0129. The maximum atomic E-state index is 12.9. The largest absolute Gasteiger partial charge is 0.494 e. The Kier molecular flexibility index (Phi) is 6.32. The van der Waals surface area contributed by atoms with Gasteiger partial charge in [0.05, 0.1) is 6.61 Å². The van der Waals surface area contributed by atoms with E-state index in [-0.39, 0.29) is 17.2 Å². The Hall–Kier alpha value is -2.04. The van der Waals surface area contributed by atoms with Crippen LogP contribution in [0.1, 0.15) is 55.6 Å². The van der Waals surface area contributed by atoms with Crippen LogP contribution in [0.15, 0.2) is 12.1 Å². The van der Waals surface area contributed by atoms with Crippen molar-refractivity contribution in [2.45, 2.75) is 48.0 Å². The van der Waals surface area contributed by atoms with E-state index >= 15 is 0 Å². The topological polar surface area (TPSA) is 49.9 Å². The zero-order chi connectivity index (χ0) is 19.5. The predicted molar refractivity (Wildman–Crippen MR) is 104 cm³/mol. The molecule has 0 radical (unpaired) electrons. The second kappa shape index (κ2) is 8.11. The molecular weight excluding hydrogens is 328 g/mol. The lowest BCUT2D eigenvalue weighted by atomic mass is 9.91. The Morgan fingerprint density at radius 2 is 1.58 bits per heavy atom. The molecule has 144 valence electrons. The highest BCUT2D eigenvalue weighted by molar-refractivity contribution is 5.96. The normalized spacial score (nSPS) is 15.2. The molecule has 1 aliphatic rings. The van der Waals surface area contributed by atoms with Crippen molar-refractivity contribution >= 4 is 11.8 Å². The average molecular weight is 360 g/mol. The molecule has 26 heavy (non-hydrogen) atoms.